The van der Waals surface area contributed by atoms with E-state index in [0.29, 0.717) is 45.8 Å². The predicted octanol–water partition coefficient (Wildman–Crippen LogP) is 1.79. The fourth-order valence-electron chi connectivity index (χ4n) is 2.98. The Morgan fingerprint density at radius 3 is 2.70 bits per heavy atom. The molecule has 0 spiro atoms. The predicted molar refractivity (Wildman–Crippen MR) is 77.0 cm³/mol. The van der Waals surface area contributed by atoms with Gasteiger partial charge in [0.1, 0.15) is 5.82 Å². The third-order valence-electron chi connectivity index (χ3n) is 4.26. The number of carbonyl (C=O) groups is 1. The molecule has 3 rings (SSSR count). The molecule has 0 aromatic carbocycles. The van der Waals surface area contributed by atoms with Gasteiger partial charge in [0.15, 0.2) is 0 Å². The van der Waals surface area contributed by atoms with E-state index in [0.717, 1.165) is 18.3 Å². The number of aromatic nitrogens is 1. The molecule has 8 heteroatoms. The van der Waals surface area contributed by atoms with E-state index in [4.69, 9.17) is 4.74 Å². The number of amides is 1. The monoisotopic (exact) mass is 329 g/mol. The maximum atomic E-state index is 12.8. The van der Waals surface area contributed by atoms with Crippen molar-refractivity contribution in [3.05, 3.63) is 23.9 Å². The van der Waals surface area contributed by atoms with Crippen molar-refractivity contribution in [3.8, 4) is 0 Å². The molecule has 5 nitrogen and oxygen atoms in total. The Bertz CT molecular complexity index is 573. The number of alkyl halides is 3. The minimum Gasteiger partial charge on any atom is -0.378 e. The molecular formula is C15H18F3N3O2. The van der Waals surface area contributed by atoms with Gasteiger partial charge in [-0.15, -0.1) is 0 Å². The van der Waals surface area contributed by atoms with Gasteiger partial charge < -0.3 is 14.5 Å². The van der Waals surface area contributed by atoms with Crippen molar-refractivity contribution >= 4 is 11.7 Å². The van der Waals surface area contributed by atoms with Gasteiger partial charge in [-0.1, -0.05) is 0 Å². The summed E-state index contributed by atoms with van der Waals surface area (Å²) < 4.78 is 43.6. The van der Waals surface area contributed by atoms with Gasteiger partial charge in [-0.3, -0.25) is 4.79 Å². The zero-order valence-corrected chi connectivity index (χ0v) is 12.6. The molecule has 0 radical (unpaired) electrons. The summed E-state index contributed by atoms with van der Waals surface area (Å²) in [7, 11) is 0. The third-order valence-corrected chi connectivity index (χ3v) is 4.26. The number of anilines is 1. The van der Waals surface area contributed by atoms with Gasteiger partial charge in [0, 0.05) is 32.4 Å². The number of morpholine rings is 1. The van der Waals surface area contributed by atoms with Gasteiger partial charge in [-0.2, -0.15) is 13.2 Å². The Hall–Kier alpha value is -1.83. The number of hydrogen-bond acceptors (Lipinski definition) is 4. The normalized spacial score (nSPS) is 22.5. The second kappa shape index (κ2) is 6.35. The lowest BCUT2D eigenvalue weighted by molar-refractivity contribution is -0.139. The standard InChI is InChI=1S/C15H18F3N3O2/c16-15(17,18)12-1-3-19-13(9-12)21-4-2-11(10-21)14(22)20-5-7-23-8-6-20/h1,3,9,11H,2,4-8,10H2. The molecule has 0 saturated carbocycles. The first-order chi connectivity index (χ1) is 10.9. The van der Waals surface area contributed by atoms with Crippen LogP contribution in [0.5, 0.6) is 0 Å². The molecule has 2 aliphatic rings. The molecule has 1 unspecified atom stereocenters. The van der Waals surface area contributed by atoms with Crippen LogP contribution in [0, 0.1) is 5.92 Å². The molecule has 2 fully saturated rings. The molecule has 0 bridgehead atoms. The first-order valence-corrected chi connectivity index (χ1v) is 7.60. The lowest BCUT2D eigenvalue weighted by Gasteiger charge is -2.29. The van der Waals surface area contributed by atoms with E-state index in [1.165, 1.54) is 0 Å². The van der Waals surface area contributed by atoms with E-state index in [1.807, 2.05) is 0 Å². The number of carbonyl (C=O) groups excluding carboxylic acids is 1. The summed E-state index contributed by atoms with van der Waals surface area (Å²) in [6.07, 6.45) is -2.59. The fraction of sp³-hybridized carbons (Fsp3) is 0.600. The van der Waals surface area contributed by atoms with Gasteiger partial charge >= 0.3 is 6.18 Å². The number of rotatable bonds is 2. The van der Waals surface area contributed by atoms with Gasteiger partial charge in [0.25, 0.3) is 0 Å². The van der Waals surface area contributed by atoms with Crippen LogP contribution in [-0.4, -0.2) is 55.2 Å². The number of ether oxygens (including phenoxy) is 1. The zero-order valence-electron chi connectivity index (χ0n) is 12.6. The molecule has 1 atom stereocenters. The summed E-state index contributed by atoms with van der Waals surface area (Å²) in [5.74, 6) is 0.143. The second-order valence-electron chi connectivity index (χ2n) is 5.77. The van der Waals surface area contributed by atoms with E-state index < -0.39 is 11.7 Å². The Morgan fingerprint density at radius 1 is 1.26 bits per heavy atom. The van der Waals surface area contributed by atoms with Crippen LogP contribution in [0.1, 0.15) is 12.0 Å². The average Bonchev–Trinajstić information content (AvgIpc) is 3.04. The van der Waals surface area contributed by atoms with E-state index in [1.54, 1.807) is 9.80 Å². The summed E-state index contributed by atoms with van der Waals surface area (Å²) in [5, 5.41) is 0. The largest absolute Gasteiger partial charge is 0.416 e. The van der Waals surface area contributed by atoms with Gasteiger partial charge in [-0.05, 0) is 18.6 Å². The molecule has 3 heterocycles. The Morgan fingerprint density at radius 2 is 2.00 bits per heavy atom. The molecule has 0 aliphatic carbocycles. The first kappa shape index (κ1) is 16.0. The van der Waals surface area contributed by atoms with Gasteiger partial charge in [0.2, 0.25) is 5.91 Å². The fourth-order valence-corrected chi connectivity index (χ4v) is 2.98. The van der Waals surface area contributed by atoms with E-state index in [-0.39, 0.29) is 17.6 Å². The number of nitrogens with zero attached hydrogens (tertiary/aromatic N) is 3. The zero-order chi connectivity index (χ0) is 16.4. The van der Waals surface area contributed by atoms with E-state index in [2.05, 4.69) is 4.98 Å². The highest BCUT2D eigenvalue weighted by molar-refractivity contribution is 5.80. The SMILES string of the molecule is O=C(C1CCN(c2cc(C(F)(F)F)ccn2)C1)N1CCOCC1. The minimum atomic E-state index is -4.39. The van der Waals surface area contributed by atoms with Crippen LogP contribution >= 0.6 is 0 Å². The summed E-state index contributed by atoms with van der Waals surface area (Å²) in [4.78, 5) is 20.0. The lowest BCUT2D eigenvalue weighted by Crippen LogP contribution is -2.44. The summed E-state index contributed by atoms with van der Waals surface area (Å²) in [6.45, 7) is 3.18. The molecule has 0 N–H and O–H groups in total. The maximum Gasteiger partial charge on any atom is 0.416 e. The Kier molecular flexibility index (Phi) is 4.43. The molecule has 23 heavy (non-hydrogen) atoms. The quantitative estimate of drug-likeness (QED) is 0.830. The van der Waals surface area contributed by atoms with Crippen LogP contribution in [0.3, 0.4) is 0 Å². The maximum absolute atomic E-state index is 12.8. The van der Waals surface area contributed by atoms with Crippen molar-refractivity contribution in [2.24, 2.45) is 5.92 Å². The molecule has 2 saturated heterocycles. The summed E-state index contributed by atoms with van der Waals surface area (Å²) in [6, 6.07) is 2.00. The molecule has 1 aromatic heterocycles. The third kappa shape index (κ3) is 3.57. The van der Waals surface area contributed by atoms with Crippen LogP contribution in [0.2, 0.25) is 0 Å². The van der Waals surface area contributed by atoms with Crippen molar-refractivity contribution in [3.63, 3.8) is 0 Å². The smallest absolute Gasteiger partial charge is 0.378 e. The summed E-state index contributed by atoms with van der Waals surface area (Å²) in [5.41, 5.74) is -0.717. The number of hydrogen-bond donors (Lipinski definition) is 0. The number of pyridine rings is 1. The second-order valence-corrected chi connectivity index (χ2v) is 5.77. The van der Waals surface area contributed by atoms with Crippen molar-refractivity contribution in [2.45, 2.75) is 12.6 Å². The highest BCUT2D eigenvalue weighted by Crippen LogP contribution is 2.32. The highest BCUT2D eigenvalue weighted by Gasteiger charge is 2.35. The Balaban J connectivity index is 1.66. The molecular weight excluding hydrogens is 311 g/mol. The van der Waals surface area contributed by atoms with Gasteiger partial charge in [0.05, 0.1) is 24.7 Å². The van der Waals surface area contributed by atoms with Crippen LogP contribution in [0.15, 0.2) is 18.3 Å². The van der Waals surface area contributed by atoms with Gasteiger partial charge in [-0.25, -0.2) is 4.98 Å². The lowest BCUT2D eigenvalue weighted by atomic mass is 10.1. The number of halogens is 3. The molecule has 1 amide bonds. The highest BCUT2D eigenvalue weighted by atomic mass is 19.4. The Labute approximate surface area is 132 Å². The van der Waals surface area contributed by atoms with Crippen LogP contribution in [0.25, 0.3) is 0 Å². The first-order valence-electron chi connectivity index (χ1n) is 7.60. The van der Waals surface area contributed by atoms with E-state index in [9.17, 15) is 18.0 Å². The van der Waals surface area contributed by atoms with Crippen molar-refractivity contribution in [2.75, 3.05) is 44.3 Å². The van der Waals surface area contributed by atoms with Crippen molar-refractivity contribution < 1.29 is 22.7 Å². The van der Waals surface area contributed by atoms with Crippen LogP contribution in [0.4, 0.5) is 19.0 Å². The molecule has 126 valence electrons. The van der Waals surface area contributed by atoms with Crippen LogP contribution in [-0.2, 0) is 15.7 Å². The van der Waals surface area contributed by atoms with E-state index >= 15 is 0 Å². The van der Waals surface area contributed by atoms with Crippen LogP contribution < -0.4 is 4.90 Å². The van der Waals surface area contributed by atoms with Crippen molar-refractivity contribution in [1.29, 1.82) is 0 Å². The molecule has 1 aromatic rings. The van der Waals surface area contributed by atoms with Crippen molar-refractivity contribution in [1.82, 2.24) is 9.88 Å². The minimum absolute atomic E-state index is 0.0581. The topological polar surface area (TPSA) is 45.7 Å². The average molecular weight is 329 g/mol. The molecule has 2 aliphatic heterocycles. The summed E-state index contributed by atoms with van der Waals surface area (Å²) >= 11 is 0.